The summed E-state index contributed by atoms with van der Waals surface area (Å²) >= 11 is 1.33. The zero-order valence-electron chi connectivity index (χ0n) is 12.5. The molecule has 0 fully saturated rings. The Labute approximate surface area is 137 Å². The fourth-order valence-corrected chi connectivity index (χ4v) is 2.29. The Morgan fingerprint density at radius 1 is 1.26 bits per heavy atom. The second kappa shape index (κ2) is 8.70. The van der Waals surface area contributed by atoms with E-state index in [-0.39, 0.29) is 12.5 Å². The monoisotopic (exact) mass is 332 g/mol. The highest BCUT2D eigenvalue weighted by Gasteiger charge is 2.07. The Kier molecular flexibility index (Phi) is 6.31. The third-order valence-corrected chi connectivity index (χ3v) is 3.55. The van der Waals surface area contributed by atoms with Crippen molar-refractivity contribution < 1.29 is 19.1 Å². The van der Waals surface area contributed by atoms with Gasteiger partial charge in [0.05, 0.1) is 17.7 Å². The molecule has 120 valence electrons. The van der Waals surface area contributed by atoms with E-state index in [9.17, 15) is 9.59 Å². The first-order chi connectivity index (χ1) is 11.2. The van der Waals surface area contributed by atoms with Crippen molar-refractivity contribution in [3.63, 3.8) is 0 Å². The molecule has 2 aromatic rings. The van der Waals surface area contributed by atoms with Crippen molar-refractivity contribution in [1.29, 1.82) is 0 Å². The molecule has 0 aliphatic rings. The van der Waals surface area contributed by atoms with E-state index in [2.05, 4.69) is 10.5 Å². The molecule has 1 amide bonds. The normalized spacial score (nSPS) is 10.5. The summed E-state index contributed by atoms with van der Waals surface area (Å²) in [6, 6.07) is 10.6. The van der Waals surface area contributed by atoms with Gasteiger partial charge in [0.2, 0.25) is 0 Å². The van der Waals surface area contributed by atoms with Crippen molar-refractivity contribution >= 4 is 29.4 Å². The van der Waals surface area contributed by atoms with Crippen LogP contribution < -0.4 is 10.2 Å². The van der Waals surface area contributed by atoms with Crippen LogP contribution in [0.1, 0.15) is 22.2 Å². The predicted octanol–water partition coefficient (Wildman–Crippen LogP) is 2.45. The van der Waals surface area contributed by atoms with Crippen LogP contribution in [-0.2, 0) is 9.53 Å². The van der Waals surface area contributed by atoms with Gasteiger partial charge in [0, 0.05) is 5.56 Å². The predicted molar refractivity (Wildman–Crippen MR) is 87.9 cm³/mol. The van der Waals surface area contributed by atoms with E-state index in [0.717, 1.165) is 0 Å². The summed E-state index contributed by atoms with van der Waals surface area (Å²) in [5.41, 5.74) is 3.08. The summed E-state index contributed by atoms with van der Waals surface area (Å²) in [5, 5.41) is 5.72. The first-order valence-electron chi connectivity index (χ1n) is 6.95. The molecule has 0 aliphatic heterocycles. The minimum Gasteiger partial charge on any atom is -0.481 e. The van der Waals surface area contributed by atoms with Gasteiger partial charge >= 0.3 is 5.97 Å². The molecule has 1 heterocycles. The van der Waals surface area contributed by atoms with Crippen molar-refractivity contribution in [2.45, 2.75) is 6.92 Å². The number of rotatable bonds is 7. The van der Waals surface area contributed by atoms with Crippen LogP contribution in [0.2, 0.25) is 0 Å². The van der Waals surface area contributed by atoms with Crippen molar-refractivity contribution in [1.82, 2.24) is 5.43 Å². The lowest BCUT2D eigenvalue weighted by Gasteiger charge is -2.08. The number of para-hydroxylation sites is 1. The second-order valence-electron chi connectivity index (χ2n) is 4.31. The topological polar surface area (TPSA) is 77.0 Å². The number of nitrogens with one attached hydrogen (secondary N) is 1. The lowest BCUT2D eigenvalue weighted by atomic mass is 10.2. The van der Waals surface area contributed by atoms with E-state index in [1.165, 1.54) is 17.6 Å². The average Bonchev–Trinajstić information content (AvgIpc) is 3.09. The molecule has 6 nitrogen and oxygen atoms in total. The lowest BCUT2D eigenvalue weighted by Crippen LogP contribution is -2.17. The quantitative estimate of drug-likeness (QED) is 0.480. The maximum absolute atomic E-state index is 11.8. The zero-order chi connectivity index (χ0) is 16.5. The van der Waals surface area contributed by atoms with Gasteiger partial charge in [-0.05, 0) is 30.5 Å². The average molecular weight is 332 g/mol. The van der Waals surface area contributed by atoms with Gasteiger partial charge in [-0.15, -0.1) is 11.3 Å². The molecule has 0 radical (unpaired) electrons. The highest BCUT2D eigenvalue weighted by Crippen LogP contribution is 2.15. The van der Waals surface area contributed by atoms with Gasteiger partial charge in [0.1, 0.15) is 5.75 Å². The minimum atomic E-state index is -0.440. The van der Waals surface area contributed by atoms with Gasteiger partial charge in [-0.3, -0.25) is 4.79 Å². The Morgan fingerprint density at radius 3 is 2.83 bits per heavy atom. The second-order valence-corrected chi connectivity index (χ2v) is 5.26. The molecule has 0 saturated heterocycles. The van der Waals surface area contributed by atoms with Crippen molar-refractivity contribution in [2.24, 2.45) is 5.10 Å². The standard InChI is InChI=1S/C16H16N2O4S/c1-2-21-15(19)11-22-13-7-4-3-6-12(13)10-17-18-16(20)14-8-5-9-23-14/h3-10H,2,11H2,1H3,(H,18,20)/b17-10-. The molecule has 0 unspecified atom stereocenters. The third-order valence-electron chi connectivity index (χ3n) is 2.68. The molecule has 23 heavy (non-hydrogen) atoms. The molecule has 2 rings (SSSR count). The highest BCUT2D eigenvalue weighted by molar-refractivity contribution is 7.12. The Bertz CT molecular complexity index is 683. The fraction of sp³-hybridized carbons (Fsp3) is 0.188. The van der Waals surface area contributed by atoms with Crippen LogP contribution in [0.4, 0.5) is 0 Å². The summed E-state index contributed by atoms with van der Waals surface area (Å²) in [7, 11) is 0. The first-order valence-corrected chi connectivity index (χ1v) is 7.83. The molecule has 7 heteroatoms. The summed E-state index contributed by atoms with van der Waals surface area (Å²) in [6.45, 7) is 1.86. The number of hydrogen-bond donors (Lipinski definition) is 1. The number of nitrogens with zero attached hydrogens (tertiary/aromatic N) is 1. The van der Waals surface area contributed by atoms with Gasteiger partial charge in [0.25, 0.3) is 5.91 Å². The summed E-state index contributed by atoms with van der Waals surface area (Å²) in [5.74, 6) is -0.235. The van der Waals surface area contributed by atoms with Crippen LogP contribution in [0, 0.1) is 0 Å². The third kappa shape index (κ3) is 5.23. The maximum atomic E-state index is 11.8. The van der Waals surface area contributed by atoms with Gasteiger partial charge < -0.3 is 9.47 Å². The molecule has 0 saturated carbocycles. The van der Waals surface area contributed by atoms with E-state index in [4.69, 9.17) is 9.47 Å². The lowest BCUT2D eigenvalue weighted by molar-refractivity contribution is -0.145. The van der Waals surface area contributed by atoms with Gasteiger partial charge in [-0.2, -0.15) is 5.10 Å². The number of hydrazone groups is 1. The number of carbonyl (C=O) groups excluding carboxylic acids is 2. The largest absolute Gasteiger partial charge is 0.481 e. The fourth-order valence-electron chi connectivity index (χ4n) is 1.68. The Hall–Kier alpha value is -2.67. The summed E-state index contributed by atoms with van der Waals surface area (Å²) < 4.78 is 10.2. The van der Waals surface area contributed by atoms with Crippen LogP contribution in [0.5, 0.6) is 5.75 Å². The number of ether oxygens (including phenoxy) is 2. The SMILES string of the molecule is CCOC(=O)COc1ccccc1/C=N\NC(=O)c1cccs1. The van der Waals surface area contributed by atoms with Crippen LogP contribution >= 0.6 is 11.3 Å². The number of carbonyl (C=O) groups is 2. The summed E-state index contributed by atoms with van der Waals surface area (Å²) in [6.07, 6.45) is 1.46. The van der Waals surface area contributed by atoms with Crippen molar-refractivity contribution in [2.75, 3.05) is 13.2 Å². The number of thiophene rings is 1. The van der Waals surface area contributed by atoms with Crippen molar-refractivity contribution in [3.8, 4) is 5.75 Å². The molecular formula is C16H16N2O4S. The van der Waals surface area contributed by atoms with Gasteiger partial charge in [0.15, 0.2) is 6.61 Å². The smallest absolute Gasteiger partial charge is 0.344 e. The van der Waals surface area contributed by atoms with Crippen LogP contribution in [0.3, 0.4) is 0 Å². The molecule has 1 N–H and O–H groups in total. The van der Waals surface area contributed by atoms with Crippen LogP contribution in [-0.4, -0.2) is 31.3 Å². The number of esters is 1. The number of hydrogen-bond acceptors (Lipinski definition) is 6. The maximum Gasteiger partial charge on any atom is 0.344 e. The molecule has 0 spiro atoms. The van der Waals surface area contributed by atoms with E-state index in [0.29, 0.717) is 22.8 Å². The molecule has 0 atom stereocenters. The highest BCUT2D eigenvalue weighted by atomic mass is 32.1. The van der Waals surface area contributed by atoms with E-state index >= 15 is 0 Å². The molecule has 0 aliphatic carbocycles. The van der Waals surface area contributed by atoms with E-state index in [1.807, 2.05) is 5.38 Å². The van der Waals surface area contributed by atoms with Gasteiger partial charge in [-0.25, -0.2) is 10.2 Å². The number of benzene rings is 1. The molecule has 1 aromatic heterocycles. The van der Waals surface area contributed by atoms with E-state index in [1.54, 1.807) is 43.3 Å². The Morgan fingerprint density at radius 2 is 2.09 bits per heavy atom. The zero-order valence-corrected chi connectivity index (χ0v) is 13.3. The van der Waals surface area contributed by atoms with Crippen LogP contribution in [0.25, 0.3) is 0 Å². The first kappa shape index (κ1) is 16.7. The Balaban J connectivity index is 1.95. The molecule has 1 aromatic carbocycles. The summed E-state index contributed by atoms with van der Waals surface area (Å²) in [4.78, 5) is 23.7. The van der Waals surface area contributed by atoms with Crippen LogP contribution in [0.15, 0.2) is 46.9 Å². The van der Waals surface area contributed by atoms with Crippen molar-refractivity contribution in [3.05, 3.63) is 52.2 Å². The number of amides is 1. The molecular weight excluding hydrogens is 316 g/mol. The van der Waals surface area contributed by atoms with Gasteiger partial charge in [-0.1, -0.05) is 18.2 Å². The van der Waals surface area contributed by atoms with E-state index < -0.39 is 5.97 Å². The minimum absolute atomic E-state index is 0.180. The molecule has 0 bridgehead atoms.